The van der Waals surface area contributed by atoms with Gasteiger partial charge in [0.25, 0.3) is 0 Å². The van der Waals surface area contributed by atoms with Crippen molar-refractivity contribution in [1.29, 1.82) is 0 Å². The van der Waals surface area contributed by atoms with E-state index in [4.69, 9.17) is 15.0 Å². The van der Waals surface area contributed by atoms with Crippen molar-refractivity contribution in [3.63, 3.8) is 0 Å². The van der Waals surface area contributed by atoms with Gasteiger partial charge in [0.15, 0.2) is 5.76 Å². The molecular formula is C14H18N2O2. The normalized spacial score (nSPS) is 10.9. The summed E-state index contributed by atoms with van der Waals surface area (Å²) in [5.74, 6) is 1.59. The zero-order chi connectivity index (χ0) is 13.1. The first kappa shape index (κ1) is 12.6. The van der Waals surface area contributed by atoms with E-state index in [9.17, 15) is 0 Å². The van der Waals surface area contributed by atoms with Crippen LogP contribution in [0, 0.1) is 6.92 Å². The number of nitrogens with zero attached hydrogens (tertiary/aromatic N) is 1. The topological polar surface area (TPSA) is 61.3 Å². The van der Waals surface area contributed by atoms with Crippen molar-refractivity contribution in [1.82, 2.24) is 5.16 Å². The van der Waals surface area contributed by atoms with Crippen LogP contribution in [-0.4, -0.2) is 11.3 Å². The summed E-state index contributed by atoms with van der Waals surface area (Å²) in [6.45, 7) is 6.32. The van der Waals surface area contributed by atoms with Crippen LogP contribution in [0.4, 0.5) is 0 Å². The standard InChI is InChI=1S/C14H18N2O2/c1-9(2)17-12-6-4-11(5-7-12)14-13(8-15)10(3)16-18-14/h4-7,9H,8,15H2,1-3H3. The average molecular weight is 246 g/mol. The van der Waals surface area contributed by atoms with E-state index in [0.29, 0.717) is 6.54 Å². The SMILES string of the molecule is Cc1noc(-c2ccc(OC(C)C)cc2)c1CN. The van der Waals surface area contributed by atoms with Crippen molar-refractivity contribution in [3.05, 3.63) is 35.5 Å². The fourth-order valence-corrected chi connectivity index (χ4v) is 1.81. The Morgan fingerprint density at radius 1 is 1.28 bits per heavy atom. The predicted octanol–water partition coefficient (Wildman–Crippen LogP) is 2.90. The van der Waals surface area contributed by atoms with Gasteiger partial charge in [-0.2, -0.15) is 0 Å². The second kappa shape index (κ2) is 5.23. The highest BCUT2D eigenvalue weighted by Gasteiger charge is 2.13. The first-order chi connectivity index (χ1) is 8.61. The van der Waals surface area contributed by atoms with Gasteiger partial charge in [0.05, 0.1) is 11.8 Å². The van der Waals surface area contributed by atoms with Crippen LogP contribution < -0.4 is 10.5 Å². The Morgan fingerprint density at radius 2 is 1.94 bits per heavy atom. The molecule has 2 N–H and O–H groups in total. The molecule has 18 heavy (non-hydrogen) atoms. The van der Waals surface area contributed by atoms with Crippen molar-refractivity contribution >= 4 is 0 Å². The third-order valence-electron chi connectivity index (χ3n) is 2.68. The third-order valence-corrected chi connectivity index (χ3v) is 2.68. The van der Waals surface area contributed by atoms with Gasteiger partial charge < -0.3 is 15.0 Å². The van der Waals surface area contributed by atoms with E-state index in [-0.39, 0.29) is 6.10 Å². The molecule has 0 radical (unpaired) electrons. The van der Waals surface area contributed by atoms with E-state index in [1.807, 2.05) is 45.0 Å². The molecule has 0 amide bonds. The minimum atomic E-state index is 0.169. The zero-order valence-electron chi connectivity index (χ0n) is 10.9. The van der Waals surface area contributed by atoms with E-state index < -0.39 is 0 Å². The maximum atomic E-state index is 5.70. The smallest absolute Gasteiger partial charge is 0.171 e. The first-order valence-corrected chi connectivity index (χ1v) is 6.04. The molecule has 0 bridgehead atoms. The van der Waals surface area contributed by atoms with Crippen LogP contribution in [0.2, 0.25) is 0 Å². The van der Waals surface area contributed by atoms with Gasteiger partial charge in [-0.05, 0) is 45.0 Å². The summed E-state index contributed by atoms with van der Waals surface area (Å²) in [5, 5.41) is 3.95. The van der Waals surface area contributed by atoms with Crippen LogP contribution in [0.1, 0.15) is 25.1 Å². The van der Waals surface area contributed by atoms with E-state index in [0.717, 1.165) is 28.3 Å². The molecule has 0 unspecified atom stereocenters. The molecular weight excluding hydrogens is 228 g/mol. The molecule has 0 aliphatic rings. The number of ether oxygens (including phenoxy) is 1. The fourth-order valence-electron chi connectivity index (χ4n) is 1.81. The molecule has 0 saturated heterocycles. The van der Waals surface area contributed by atoms with Gasteiger partial charge >= 0.3 is 0 Å². The summed E-state index contributed by atoms with van der Waals surface area (Å²) in [6, 6.07) is 7.76. The lowest BCUT2D eigenvalue weighted by molar-refractivity contribution is 0.242. The van der Waals surface area contributed by atoms with Crippen molar-refractivity contribution in [2.45, 2.75) is 33.4 Å². The summed E-state index contributed by atoms with van der Waals surface area (Å²) in [6.07, 6.45) is 0.169. The molecule has 0 atom stereocenters. The number of benzene rings is 1. The molecule has 0 saturated carbocycles. The molecule has 0 aliphatic carbocycles. The van der Waals surface area contributed by atoms with E-state index in [1.165, 1.54) is 0 Å². The quantitative estimate of drug-likeness (QED) is 0.901. The highest BCUT2D eigenvalue weighted by molar-refractivity contribution is 5.62. The number of hydrogen-bond acceptors (Lipinski definition) is 4. The van der Waals surface area contributed by atoms with E-state index in [1.54, 1.807) is 0 Å². The van der Waals surface area contributed by atoms with Crippen molar-refractivity contribution in [2.75, 3.05) is 0 Å². The number of rotatable bonds is 4. The summed E-state index contributed by atoms with van der Waals surface area (Å²) in [4.78, 5) is 0. The highest BCUT2D eigenvalue weighted by Crippen LogP contribution is 2.27. The molecule has 96 valence electrons. The molecule has 4 heteroatoms. The van der Waals surface area contributed by atoms with Crippen LogP contribution in [0.5, 0.6) is 5.75 Å². The van der Waals surface area contributed by atoms with Crippen molar-refractivity contribution in [3.8, 4) is 17.1 Å². The molecule has 2 rings (SSSR count). The Balaban J connectivity index is 2.28. The van der Waals surface area contributed by atoms with Crippen LogP contribution in [0.15, 0.2) is 28.8 Å². The number of hydrogen-bond donors (Lipinski definition) is 1. The largest absolute Gasteiger partial charge is 0.491 e. The molecule has 2 aromatic rings. The number of nitrogens with two attached hydrogens (primary N) is 1. The van der Waals surface area contributed by atoms with E-state index in [2.05, 4.69) is 5.16 Å². The molecule has 1 aromatic carbocycles. The molecule has 0 aliphatic heterocycles. The lowest BCUT2D eigenvalue weighted by atomic mass is 10.1. The first-order valence-electron chi connectivity index (χ1n) is 6.04. The summed E-state index contributed by atoms with van der Waals surface area (Å²) in [5.41, 5.74) is 8.46. The number of aryl methyl sites for hydroxylation is 1. The third kappa shape index (κ3) is 2.54. The summed E-state index contributed by atoms with van der Waals surface area (Å²) >= 11 is 0. The van der Waals surface area contributed by atoms with Crippen molar-refractivity contribution < 1.29 is 9.26 Å². The second-order valence-electron chi connectivity index (χ2n) is 4.47. The van der Waals surface area contributed by atoms with Gasteiger partial charge in [-0.1, -0.05) is 5.16 Å². The number of aromatic nitrogens is 1. The van der Waals surface area contributed by atoms with Crippen molar-refractivity contribution in [2.24, 2.45) is 5.73 Å². The minimum Gasteiger partial charge on any atom is -0.491 e. The zero-order valence-corrected chi connectivity index (χ0v) is 10.9. The summed E-state index contributed by atoms with van der Waals surface area (Å²) < 4.78 is 10.9. The lowest BCUT2D eigenvalue weighted by Crippen LogP contribution is -2.05. The Labute approximate surface area is 107 Å². The Kier molecular flexibility index (Phi) is 3.67. The van der Waals surface area contributed by atoms with Gasteiger partial charge in [0, 0.05) is 17.7 Å². The highest BCUT2D eigenvalue weighted by atomic mass is 16.5. The van der Waals surface area contributed by atoms with Gasteiger partial charge in [-0.15, -0.1) is 0 Å². The van der Waals surface area contributed by atoms with Crippen LogP contribution in [0.25, 0.3) is 11.3 Å². The minimum absolute atomic E-state index is 0.169. The second-order valence-corrected chi connectivity index (χ2v) is 4.47. The Morgan fingerprint density at radius 3 is 2.50 bits per heavy atom. The fraction of sp³-hybridized carbons (Fsp3) is 0.357. The maximum Gasteiger partial charge on any atom is 0.171 e. The predicted molar refractivity (Wildman–Crippen MR) is 70.3 cm³/mol. The van der Waals surface area contributed by atoms with Gasteiger partial charge in [0.2, 0.25) is 0 Å². The average Bonchev–Trinajstić information content (AvgIpc) is 2.70. The Bertz CT molecular complexity index is 515. The summed E-state index contributed by atoms with van der Waals surface area (Å²) in [7, 11) is 0. The molecule has 0 spiro atoms. The maximum absolute atomic E-state index is 5.70. The lowest BCUT2D eigenvalue weighted by Gasteiger charge is -2.09. The Hall–Kier alpha value is -1.81. The molecule has 0 fully saturated rings. The van der Waals surface area contributed by atoms with Crippen LogP contribution >= 0.6 is 0 Å². The van der Waals surface area contributed by atoms with Gasteiger partial charge in [-0.3, -0.25) is 0 Å². The monoisotopic (exact) mass is 246 g/mol. The van der Waals surface area contributed by atoms with Crippen LogP contribution in [-0.2, 0) is 6.54 Å². The van der Waals surface area contributed by atoms with Crippen LogP contribution in [0.3, 0.4) is 0 Å². The van der Waals surface area contributed by atoms with E-state index >= 15 is 0 Å². The van der Waals surface area contributed by atoms with Gasteiger partial charge in [0.1, 0.15) is 5.75 Å². The molecule has 1 aromatic heterocycles. The van der Waals surface area contributed by atoms with Gasteiger partial charge in [-0.25, -0.2) is 0 Å². The molecule has 4 nitrogen and oxygen atoms in total. The molecule has 1 heterocycles.